The first-order chi connectivity index (χ1) is 11.2. The monoisotopic (exact) mass is 310 g/mol. The zero-order valence-corrected chi connectivity index (χ0v) is 13.0. The molecule has 0 heterocycles. The van der Waals surface area contributed by atoms with Crippen LogP contribution in [0.15, 0.2) is 59.7 Å². The van der Waals surface area contributed by atoms with Gasteiger partial charge in [0.05, 0.1) is 20.4 Å². The predicted molar refractivity (Wildman–Crippen MR) is 90.8 cm³/mol. The Morgan fingerprint density at radius 3 is 2.57 bits per heavy atom. The average molecular weight is 310 g/mol. The predicted octanol–water partition coefficient (Wildman–Crippen LogP) is 2.87. The van der Waals surface area contributed by atoms with Crippen LogP contribution in [0.5, 0.6) is 11.5 Å². The molecule has 0 spiro atoms. The Labute approximate surface area is 135 Å². The van der Waals surface area contributed by atoms with Crippen molar-refractivity contribution in [2.75, 3.05) is 14.2 Å². The van der Waals surface area contributed by atoms with E-state index in [-0.39, 0.29) is 5.91 Å². The topological polar surface area (TPSA) is 59.9 Å². The highest BCUT2D eigenvalue weighted by Gasteiger charge is 2.02. The molecule has 0 radical (unpaired) electrons. The van der Waals surface area contributed by atoms with Gasteiger partial charge in [0.1, 0.15) is 11.5 Å². The lowest BCUT2D eigenvalue weighted by Gasteiger charge is -2.06. The van der Waals surface area contributed by atoms with Crippen LogP contribution in [0.25, 0.3) is 6.08 Å². The van der Waals surface area contributed by atoms with Crippen LogP contribution >= 0.6 is 0 Å². The van der Waals surface area contributed by atoms with Gasteiger partial charge in [0.25, 0.3) is 5.91 Å². The third-order valence-corrected chi connectivity index (χ3v) is 3.05. The Hall–Kier alpha value is -3.08. The summed E-state index contributed by atoms with van der Waals surface area (Å²) in [6, 6.07) is 14.9. The van der Waals surface area contributed by atoms with Gasteiger partial charge in [-0.25, -0.2) is 5.43 Å². The number of amides is 1. The van der Waals surface area contributed by atoms with Gasteiger partial charge < -0.3 is 9.47 Å². The standard InChI is InChI=1S/C18H18N2O3/c1-22-16-10-9-15(17(12-16)23-2)13-19-20-18(21)11-8-14-6-4-3-5-7-14/h3-13H,1-2H3,(H,20,21). The maximum atomic E-state index is 11.7. The quantitative estimate of drug-likeness (QED) is 0.507. The number of benzene rings is 2. The van der Waals surface area contributed by atoms with Crippen LogP contribution in [0.1, 0.15) is 11.1 Å². The smallest absolute Gasteiger partial charge is 0.264 e. The van der Waals surface area contributed by atoms with Gasteiger partial charge in [-0.1, -0.05) is 30.3 Å². The highest BCUT2D eigenvalue weighted by atomic mass is 16.5. The number of hydrogen-bond donors (Lipinski definition) is 1. The molecule has 2 aromatic rings. The van der Waals surface area contributed by atoms with E-state index in [0.717, 1.165) is 11.1 Å². The molecule has 0 saturated heterocycles. The summed E-state index contributed by atoms with van der Waals surface area (Å²) in [5.74, 6) is 0.994. The summed E-state index contributed by atoms with van der Waals surface area (Å²) in [6.07, 6.45) is 4.67. The third kappa shape index (κ3) is 5.00. The molecular weight excluding hydrogens is 292 g/mol. The number of rotatable bonds is 6. The van der Waals surface area contributed by atoms with Crippen molar-refractivity contribution in [1.82, 2.24) is 5.43 Å². The fourth-order valence-electron chi connectivity index (χ4n) is 1.86. The van der Waals surface area contributed by atoms with Gasteiger partial charge in [0.15, 0.2) is 0 Å². The first-order valence-electron chi connectivity index (χ1n) is 7.01. The molecule has 118 valence electrons. The minimum absolute atomic E-state index is 0.308. The maximum absolute atomic E-state index is 11.7. The van der Waals surface area contributed by atoms with Crippen molar-refractivity contribution >= 4 is 18.2 Å². The molecule has 0 aliphatic heterocycles. The van der Waals surface area contributed by atoms with Crippen molar-refractivity contribution in [3.63, 3.8) is 0 Å². The number of carbonyl (C=O) groups is 1. The van der Waals surface area contributed by atoms with E-state index in [1.807, 2.05) is 30.3 Å². The number of carbonyl (C=O) groups excluding carboxylic acids is 1. The van der Waals surface area contributed by atoms with Crippen molar-refractivity contribution < 1.29 is 14.3 Å². The van der Waals surface area contributed by atoms with Gasteiger partial charge in [0, 0.05) is 17.7 Å². The largest absolute Gasteiger partial charge is 0.497 e. The van der Waals surface area contributed by atoms with E-state index in [1.54, 1.807) is 38.5 Å². The summed E-state index contributed by atoms with van der Waals surface area (Å²) in [4.78, 5) is 11.7. The van der Waals surface area contributed by atoms with Crippen LogP contribution in [0.2, 0.25) is 0 Å². The van der Waals surface area contributed by atoms with Gasteiger partial charge in [-0.05, 0) is 23.8 Å². The summed E-state index contributed by atoms with van der Waals surface area (Å²) < 4.78 is 10.4. The molecule has 2 rings (SSSR count). The van der Waals surface area contributed by atoms with Crippen LogP contribution in [-0.2, 0) is 4.79 Å². The van der Waals surface area contributed by atoms with Crippen LogP contribution in [0.4, 0.5) is 0 Å². The fraction of sp³-hybridized carbons (Fsp3) is 0.111. The maximum Gasteiger partial charge on any atom is 0.264 e. The summed E-state index contributed by atoms with van der Waals surface area (Å²) in [5, 5.41) is 3.92. The van der Waals surface area contributed by atoms with E-state index in [0.29, 0.717) is 11.5 Å². The summed E-state index contributed by atoms with van der Waals surface area (Å²) in [7, 11) is 3.15. The molecule has 0 aliphatic carbocycles. The molecular formula is C18H18N2O3. The number of ether oxygens (including phenoxy) is 2. The molecule has 5 heteroatoms. The highest BCUT2D eigenvalue weighted by molar-refractivity contribution is 5.93. The molecule has 0 aliphatic rings. The first kappa shape index (κ1) is 16.3. The van der Waals surface area contributed by atoms with E-state index >= 15 is 0 Å². The van der Waals surface area contributed by atoms with E-state index in [2.05, 4.69) is 10.5 Å². The molecule has 1 amide bonds. The van der Waals surface area contributed by atoms with Gasteiger partial charge >= 0.3 is 0 Å². The average Bonchev–Trinajstić information content (AvgIpc) is 2.61. The molecule has 0 saturated carbocycles. The van der Waals surface area contributed by atoms with Crippen LogP contribution in [0, 0.1) is 0 Å². The summed E-state index contributed by atoms with van der Waals surface area (Å²) >= 11 is 0. The van der Waals surface area contributed by atoms with Crippen molar-refractivity contribution in [2.45, 2.75) is 0 Å². The van der Waals surface area contributed by atoms with Crippen molar-refractivity contribution in [3.8, 4) is 11.5 Å². The van der Waals surface area contributed by atoms with Gasteiger partial charge in [0.2, 0.25) is 0 Å². The lowest BCUT2D eigenvalue weighted by Crippen LogP contribution is -2.14. The SMILES string of the molecule is COc1ccc(C=NNC(=O)C=Cc2ccccc2)c(OC)c1. The molecule has 0 atom stereocenters. The van der Waals surface area contributed by atoms with Gasteiger partial charge in [-0.15, -0.1) is 0 Å². The normalized spacial score (nSPS) is 10.9. The zero-order valence-electron chi connectivity index (χ0n) is 13.0. The summed E-state index contributed by atoms with van der Waals surface area (Å²) in [5.41, 5.74) is 4.12. The fourth-order valence-corrected chi connectivity index (χ4v) is 1.86. The third-order valence-electron chi connectivity index (χ3n) is 3.05. The second kappa shape index (κ2) is 8.38. The lowest BCUT2D eigenvalue weighted by atomic mass is 10.2. The van der Waals surface area contributed by atoms with Gasteiger partial charge in [-0.2, -0.15) is 5.10 Å². The van der Waals surface area contributed by atoms with E-state index in [9.17, 15) is 4.79 Å². The minimum Gasteiger partial charge on any atom is -0.497 e. The summed E-state index contributed by atoms with van der Waals surface area (Å²) in [6.45, 7) is 0. The molecule has 23 heavy (non-hydrogen) atoms. The highest BCUT2D eigenvalue weighted by Crippen LogP contribution is 2.22. The molecule has 0 aromatic heterocycles. The van der Waals surface area contributed by atoms with Crippen LogP contribution < -0.4 is 14.9 Å². The lowest BCUT2D eigenvalue weighted by molar-refractivity contribution is -0.116. The van der Waals surface area contributed by atoms with E-state index in [1.165, 1.54) is 12.3 Å². The number of hydrazone groups is 1. The minimum atomic E-state index is -0.308. The number of nitrogens with one attached hydrogen (secondary N) is 1. The molecule has 5 nitrogen and oxygen atoms in total. The van der Waals surface area contributed by atoms with Crippen molar-refractivity contribution in [2.24, 2.45) is 5.10 Å². The van der Waals surface area contributed by atoms with Crippen molar-refractivity contribution in [3.05, 3.63) is 65.7 Å². The number of nitrogens with zero attached hydrogens (tertiary/aromatic N) is 1. The first-order valence-corrected chi connectivity index (χ1v) is 7.01. The molecule has 0 unspecified atom stereocenters. The van der Waals surface area contributed by atoms with Gasteiger partial charge in [-0.3, -0.25) is 4.79 Å². The van der Waals surface area contributed by atoms with Crippen LogP contribution in [-0.4, -0.2) is 26.3 Å². The Bertz CT molecular complexity index is 709. The Morgan fingerprint density at radius 1 is 1.09 bits per heavy atom. The number of hydrogen-bond acceptors (Lipinski definition) is 4. The molecule has 0 fully saturated rings. The Balaban J connectivity index is 1.96. The van der Waals surface area contributed by atoms with Crippen LogP contribution in [0.3, 0.4) is 0 Å². The zero-order chi connectivity index (χ0) is 16.5. The Kier molecular flexibility index (Phi) is 5.94. The molecule has 2 aromatic carbocycles. The second-order valence-electron chi connectivity index (χ2n) is 4.59. The van der Waals surface area contributed by atoms with Crippen molar-refractivity contribution in [1.29, 1.82) is 0 Å². The molecule has 1 N–H and O–H groups in total. The van der Waals surface area contributed by atoms with E-state index in [4.69, 9.17) is 9.47 Å². The molecule has 0 bridgehead atoms. The Morgan fingerprint density at radius 2 is 1.87 bits per heavy atom. The second-order valence-corrected chi connectivity index (χ2v) is 4.59. The van der Waals surface area contributed by atoms with E-state index < -0.39 is 0 Å². The number of methoxy groups -OCH3 is 2.